The summed E-state index contributed by atoms with van der Waals surface area (Å²) in [5, 5.41) is 15.1. The first kappa shape index (κ1) is 27.9. The molecule has 0 aliphatic carbocycles. The number of rotatable bonds is 3. The number of hydrogen-bond donors (Lipinski definition) is 4. The molecular weight excluding hydrogens is 468 g/mol. The molecule has 8 nitrogen and oxygen atoms in total. The van der Waals surface area contributed by atoms with E-state index in [1.54, 1.807) is 0 Å². The number of carbonyl (C=O) groups is 3. The highest BCUT2D eigenvalue weighted by Gasteiger charge is 2.19. The Morgan fingerprint density at radius 3 is 2.41 bits per heavy atom. The van der Waals surface area contributed by atoms with Crippen LogP contribution in [0.1, 0.15) is 55.5 Å². The quantitative estimate of drug-likeness (QED) is 0.429. The van der Waals surface area contributed by atoms with Crippen LogP contribution in [0, 0.1) is 6.92 Å². The summed E-state index contributed by atoms with van der Waals surface area (Å²) >= 11 is 0. The summed E-state index contributed by atoms with van der Waals surface area (Å²) in [5.41, 5.74) is 4.35. The lowest BCUT2D eigenvalue weighted by Crippen LogP contribution is -2.36. The monoisotopic (exact) mass is 506 g/mol. The van der Waals surface area contributed by atoms with Gasteiger partial charge in [-0.15, -0.1) is 0 Å². The number of nitrogens with one attached hydrogen (secondary N) is 3. The average Bonchev–Trinajstić information content (AvgIpc) is 3.19. The molecule has 4 N–H and O–H groups in total. The first-order chi connectivity index (χ1) is 17.8. The van der Waals surface area contributed by atoms with Crippen LogP contribution < -0.4 is 10.6 Å². The number of amides is 2. The Kier molecular flexibility index (Phi) is 10.7. The Bertz CT molecular complexity index is 1170. The number of hydrogen-bond acceptors (Lipinski definition) is 4. The minimum atomic E-state index is -0.833. The summed E-state index contributed by atoms with van der Waals surface area (Å²) in [6.45, 7) is 5.96. The first-order valence-electron chi connectivity index (χ1n) is 12.9. The van der Waals surface area contributed by atoms with Crippen molar-refractivity contribution in [1.82, 2.24) is 20.5 Å². The molecule has 0 radical (unpaired) electrons. The second-order valence-electron chi connectivity index (χ2n) is 9.38. The van der Waals surface area contributed by atoms with E-state index in [2.05, 4.69) is 39.9 Å². The molecule has 0 bridgehead atoms. The van der Waals surface area contributed by atoms with Crippen LogP contribution in [0.2, 0.25) is 0 Å². The van der Waals surface area contributed by atoms with E-state index >= 15 is 0 Å². The first-order valence-corrected chi connectivity index (χ1v) is 12.9. The van der Waals surface area contributed by atoms with E-state index in [0.29, 0.717) is 19.4 Å². The highest BCUT2D eigenvalue weighted by atomic mass is 16.4. The van der Waals surface area contributed by atoms with Crippen LogP contribution in [0.15, 0.2) is 54.6 Å². The van der Waals surface area contributed by atoms with Crippen molar-refractivity contribution in [2.45, 2.75) is 52.0 Å². The summed E-state index contributed by atoms with van der Waals surface area (Å²) < 4.78 is 0. The molecule has 1 atom stereocenters. The maximum Gasteiger partial charge on any atom is 0.300 e. The fourth-order valence-corrected chi connectivity index (χ4v) is 4.64. The van der Waals surface area contributed by atoms with Crippen LogP contribution in [0.4, 0.5) is 0 Å². The minimum Gasteiger partial charge on any atom is -0.481 e. The number of benzene rings is 2. The Morgan fingerprint density at radius 2 is 1.65 bits per heavy atom. The molecule has 1 aliphatic rings. The molecule has 1 aliphatic heterocycles. The van der Waals surface area contributed by atoms with Crippen molar-refractivity contribution in [3.63, 3.8) is 0 Å². The standard InChI is InChI=1S/C27H34N4O2.C2H4O2/c1-20-23(22-12-5-6-13-24(22)30-20)18-27(33)31-16-8-7-14-29-26(32)19-25(28-15-9-17-31)21-10-3-2-4-11-21;1-2(3)4/h2-6,10-13,25,28,30H,7-9,14-19H2,1H3,(H,29,32);1H3,(H,3,4). The summed E-state index contributed by atoms with van der Waals surface area (Å²) in [4.78, 5) is 40.1. The van der Waals surface area contributed by atoms with Crippen LogP contribution in [-0.2, 0) is 20.8 Å². The van der Waals surface area contributed by atoms with E-state index in [9.17, 15) is 9.59 Å². The number of aryl methyl sites for hydroxylation is 1. The van der Waals surface area contributed by atoms with Gasteiger partial charge in [0.1, 0.15) is 0 Å². The molecule has 1 aromatic heterocycles. The molecule has 198 valence electrons. The Hall–Kier alpha value is -3.65. The van der Waals surface area contributed by atoms with E-state index < -0.39 is 5.97 Å². The lowest BCUT2D eigenvalue weighted by atomic mass is 10.0. The zero-order valence-electron chi connectivity index (χ0n) is 21.8. The smallest absolute Gasteiger partial charge is 0.300 e. The second-order valence-corrected chi connectivity index (χ2v) is 9.38. The number of carboxylic acid groups (broad SMARTS) is 1. The largest absolute Gasteiger partial charge is 0.481 e. The molecule has 1 fully saturated rings. The zero-order chi connectivity index (χ0) is 26.6. The number of aromatic amines is 1. The molecule has 0 saturated carbocycles. The predicted octanol–water partition coefficient (Wildman–Crippen LogP) is 3.96. The average molecular weight is 507 g/mol. The fourth-order valence-electron chi connectivity index (χ4n) is 4.64. The second kappa shape index (κ2) is 14.2. The van der Waals surface area contributed by atoms with Gasteiger partial charge in [0.05, 0.1) is 6.42 Å². The number of H-pyrrole nitrogens is 1. The highest BCUT2D eigenvalue weighted by molar-refractivity contribution is 5.90. The normalized spacial score (nSPS) is 17.4. The lowest BCUT2D eigenvalue weighted by Gasteiger charge is -2.24. The molecule has 0 spiro atoms. The molecule has 2 amide bonds. The molecule has 4 rings (SSSR count). The van der Waals surface area contributed by atoms with Crippen LogP contribution in [-0.4, -0.2) is 59.0 Å². The van der Waals surface area contributed by atoms with Gasteiger partial charge in [0.15, 0.2) is 0 Å². The van der Waals surface area contributed by atoms with Crippen LogP contribution in [0.25, 0.3) is 10.9 Å². The lowest BCUT2D eigenvalue weighted by molar-refractivity contribution is -0.134. The maximum atomic E-state index is 13.3. The van der Waals surface area contributed by atoms with Gasteiger partial charge in [0, 0.05) is 55.6 Å². The van der Waals surface area contributed by atoms with Gasteiger partial charge in [-0.05, 0) is 49.9 Å². The number of aliphatic carboxylic acids is 1. The van der Waals surface area contributed by atoms with Crippen molar-refractivity contribution in [2.24, 2.45) is 0 Å². The van der Waals surface area contributed by atoms with Crippen molar-refractivity contribution in [3.8, 4) is 0 Å². The highest BCUT2D eigenvalue weighted by Crippen LogP contribution is 2.23. The van der Waals surface area contributed by atoms with Gasteiger partial charge in [-0.2, -0.15) is 0 Å². The van der Waals surface area contributed by atoms with E-state index in [4.69, 9.17) is 9.90 Å². The number of nitrogens with zero attached hydrogens (tertiary/aromatic N) is 1. The van der Waals surface area contributed by atoms with Crippen molar-refractivity contribution in [3.05, 3.63) is 71.4 Å². The molecule has 37 heavy (non-hydrogen) atoms. The Labute approximate surface area is 218 Å². The SMILES string of the molecule is CC(=O)O.Cc1[nH]c2ccccc2c1CC(=O)N1CCCCNC(=O)CC(c2ccccc2)NCCC1. The van der Waals surface area contributed by atoms with Crippen molar-refractivity contribution >= 4 is 28.7 Å². The number of fused-ring (bicyclic) bond motifs is 1. The molecular formula is C29H38N4O4. The third-order valence-corrected chi connectivity index (χ3v) is 6.47. The third kappa shape index (κ3) is 8.75. The van der Waals surface area contributed by atoms with Gasteiger partial charge in [-0.25, -0.2) is 0 Å². The van der Waals surface area contributed by atoms with Crippen molar-refractivity contribution < 1.29 is 19.5 Å². The summed E-state index contributed by atoms with van der Waals surface area (Å²) in [5.74, 6) is -0.597. The van der Waals surface area contributed by atoms with Crippen LogP contribution in [0.5, 0.6) is 0 Å². The minimum absolute atomic E-state index is 0.0232. The summed E-state index contributed by atoms with van der Waals surface area (Å²) in [6, 6.07) is 18.3. The summed E-state index contributed by atoms with van der Waals surface area (Å²) in [7, 11) is 0. The Morgan fingerprint density at radius 1 is 0.973 bits per heavy atom. The molecule has 2 aromatic carbocycles. The van der Waals surface area contributed by atoms with Gasteiger partial charge >= 0.3 is 0 Å². The Balaban J connectivity index is 0.000000886. The van der Waals surface area contributed by atoms with E-state index in [1.165, 1.54) is 0 Å². The predicted molar refractivity (Wildman–Crippen MR) is 145 cm³/mol. The van der Waals surface area contributed by atoms with Gasteiger partial charge in [-0.3, -0.25) is 14.4 Å². The fraction of sp³-hybridized carbons (Fsp3) is 0.414. The van der Waals surface area contributed by atoms with Crippen LogP contribution >= 0.6 is 0 Å². The van der Waals surface area contributed by atoms with Crippen LogP contribution in [0.3, 0.4) is 0 Å². The van der Waals surface area contributed by atoms with Crippen molar-refractivity contribution in [2.75, 3.05) is 26.2 Å². The van der Waals surface area contributed by atoms with Gasteiger partial charge in [0.2, 0.25) is 11.8 Å². The molecule has 1 unspecified atom stereocenters. The molecule has 3 aromatic rings. The molecule has 2 heterocycles. The number of carboxylic acids is 1. The summed E-state index contributed by atoms with van der Waals surface area (Å²) in [6.07, 6.45) is 3.43. The van der Waals surface area contributed by atoms with E-state index in [-0.39, 0.29) is 17.9 Å². The van der Waals surface area contributed by atoms with Gasteiger partial charge < -0.3 is 25.6 Å². The van der Waals surface area contributed by atoms with Gasteiger partial charge in [-0.1, -0.05) is 48.5 Å². The molecule has 1 saturated heterocycles. The third-order valence-electron chi connectivity index (χ3n) is 6.47. The topological polar surface area (TPSA) is 115 Å². The number of para-hydroxylation sites is 1. The van der Waals surface area contributed by atoms with E-state index in [0.717, 1.165) is 73.5 Å². The maximum absolute atomic E-state index is 13.3. The number of carbonyl (C=O) groups excluding carboxylic acids is 2. The zero-order valence-corrected chi connectivity index (χ0v) is 21.8. The van der Waals surface area contributed by atoms with Gasteiger partial charge in [0.25, 0.3) is 5.97 Å². The van der Waals surface area contributed by atoms with Crippen molar-refractivity contribution in [1.29, 1.82) is 0 Å². The van der Waals surface area contributed by atoms with E-state index in [1.807, 2.05) is 42.2 Å². The number of aromatic nitrogens is 1. The molecule has 8 heteroatoms.